The highest BCUT2D eigenvalue weighted by Gasteiger charge is 2.44. The minimum Gasteiger partial charge on any atom is -0.497 e. The Morgan fingerprint density at radius 3 is 1.58 bits per heavy atom. The van der Waals surface area contributed by atoms with Gasteiger partial charge in [0, 0.05) is 7.11 Å². The molecule has 0 radical (unpaired) electrons. The molecule has 0 unspecified atom stereocenters. The van der Waals surface area contributed by atoms with Crippen LogP contribution in [0.25, 0.3) is 0 Å². The fourth-order valence-corrected chi connectivity index (χ4v) is 2.89. The van der Waals surface area contributed by atoms with E-state index in [2.05, 4.69) is 0 Å². The molecular weight excluding hydrogens is 328 g/mol. The molecule has 0 saturated heterocycles. The normalized spacial score (nSPS) is 11.0. The van der Waals surface area contributed by atoms with E-state index < -0.39 is 11.6 Å². The molecule has 3 aromatic carbocycles. The molecule has 0 saturated carbocycles. The Morgan fingerprint density at radius 1 is 0.692 bits per heavy atom. The Kier molecular flexibility index (Phi) is 5.34. The van der Waals surface area contributed by atoms with Crippen molar-refractivity contribution in [2.75, 3.05) is 14.2 Å². The minimum atomic E-state index is -1.36. The van der Waals surface area contributed by atoms with Crippen molar-refractivity contribution in [1.82, 2.24) is 0 Å². The van der Waals surface area contributed by atoms with E-state index in [0.29, 0.717) is 22.6 Å². The molecule has 0 aromatic heterocycles. The van der Waals surface area contributed by atoms with Crippen LogP contribution >= 0.6 is 0 Å². The second-order valence-corrected chi connectivity index (χ2v) is 5.68. The molecule has 0 N–H and O–H groups in total. The van der Waals surface area contributed by atoms with E-state index in [1.54, 1.807) is 31.4 Å². The van der Waals surface area contributed by atoms with E-state index in [1.807, 2.05) is 60.7 Å². The lowest BCUT2D eigenvalue weighted by molar-refractivity contribution is -0.155. The third-order valence-corrected chi connectivity index (χ3v) is 4.22. The zero-order valence-corrected chi connectivity index (χ0v) is 14.7. The summed E-state index contributed by atoms with van der Waals surface area (Å²) < 4.78 is 16.6. The lowest BCUT2D eigenvalue weighted by atomic mass is 9.86. The molecule has 0 bridgehead atoms. The number of benzene rings is 3. The first kappa shape index (κ1) is 17.7. The first-order valence-corrected chi connectivity index (χ1v) is 8.23. The number of esters is 1. The summed E-state index contributed by atoms with van der Waals surface area (Å²) in [7, 11) is 3.09. The number of hydrogen-bond donors (Lipinski definition) is 0. The highest BCUT2D eigenvalue weighted by molar-refractivity contribution is 5.87. The van der Waals surface area contributed by atoms with Gasteiger partial charge in [0.15, 0.2) is 0 Å². The van der Waals surface area contributed by atoms with Crippen molar-refractivity contribution in [3.8, 4) is 11.5 Å². The molecule has 0 heterocycles. The number of rotatable bonds is 6. The highest BCUT2D eigenvalue weighted by Crippen LogP contribution is 2.35. The first-order chi connectivity index (χ1) is 12.7. The molecule has 4 heteroatoms. The van der Waals surface area contributed by atoms with Crippen LogP contribution in [0.3, 0.4) is 0 Å². The predicted octanol–water partition coefficient (Wildman–Crippen LogP) is 4.19. The third-order valence-electron chi connectivity index (χ3n) is 4.22. The maximum Gasteiger partial charge on any atom is 0.353 e. The molecule has 0 atom stereocenters. The first-order valence-electron chi connectivity index (χ1n) is 8.23. The Balaban J connectivity index is 2.03. The zero-order valence-electron chi connectivity index (χ0n) is 14.7. The molecule has 26 heavy (non-hydrogen) atoms. The Hall–Kier alpha value is -3.11. The second-order valence-electron chi connectivity index (χ2n) is 5.68. The third kappa shape index (κ3) is 3.32. The second kappa shape index (κ2) is 7.85. The average Bonchev–Trinajstić information content (AvgIpc) is 2.71. The molecule has 3 aromatic rings. The molecule has 132 valence electrons. The van der Waals surface area contributed by atoms with Crippen LogP contribution in [0.4, 0.5) is 0 Å². The van der Waals surface area contributed by atoms with Gasteiger partial charge in [-0.3, -0.25) is 0 Å². The zero-order chi connectivity index (χ0) is 18.4. The average molecular weight is 348 g/mol. The number of carbonyl (C=O) groups is 1. The van der Waals surface area contributed by atoms with Gasteiger partial charge in [0.25, 0.3) is 0 Å². The van der Waals surface area contributed by atoms with E-state index in [0.717, 1.165) is 0 Å². The SMILES string of the molecule is COc1ccc(OC(=O)C(OC)(c2ccccc2)c2ccccc2)cc1. The lowest BCUT2D eigenvalue weighted by Gasteiger charge is -2.31. The van der Waals surface area contributed by atoms with Crippen LogP contribution < -0.4 is 9.47 Å². The van der Waals surface area contributed by atoms with Crippen LogP contribution in [0.15, 0.2) is 84.9 Å². The van der Waals surface area contributed by atoms with Crippen molar-refractivity contribution in [3.05, 3.63) is 96.1 Å². The van der Waals surface area contributed by atoms with Crippen molar-refractivity contribution < 1.29 is 19.0 Å². The van der Waals surface area contributed by atoms with Gasteiger partial charge < -0.3 is 14.2 Å². The highest BCUT2D eigenvalue weighted by atomic mass is 16.6. The van der Waals surface area contributed by atoms with Gasteiger partial charge in [-0.05, 0) is 35.4 Å². The monoisotopic (exact) mass is 348 g/mol. The van der Waals surface area contributed by atoms with Gasteiger partial charge >= 0.3 is 5.97 Å². The molecule has 0 fully saturated rings. The summed E-state index contributed by atoms with van der Waals surface area (Å²) in [5, 5.41) is 0. The molecule has 0 spiro atoms. The van der Waals surface area contributed by atoms with Gasteiger partial charge in [-0.15, -0.1) is 0 Å². The minimum absolute atomic E-state index is 0.420. The van der Waals surface area contributed by atoms with E-state index in [9.17, 15) is 4.79 Å². The summed E-state index contributed by atoms with van der Waals surface area (Å²) in [6, 6.07) is 25.5. The summed E-state index contributed by atoms with van der Waals surface area (Å²) in [5.74, 6) is 0.598. The quantitative estimate of drug-likeness (QED) is 0.495. The van der Waals surface area contributed by atoms with Crippen LogP contribution in [0.5, 0.6) is 11.5 Å². The van der Waals surface area contributed by atoms with E-state index in [-0.39, 0.29) is 0 Å². The maximum absolute atomic E-state index is 13.2. The van der Waals surface area contributed by atoms with Gasteiger partial charge in [-0.25, -0.2) is 4.79 Å². The number of ether oxygens (including phenoxy) is 3. The summed E-state index contributed by atoms with van der Waals surface area (Å²) >= 11 is 0. The number of methoxy groups -OCH3 is 2. The van der Waals surface area contributed by atoms with Gasteiger partial charge in [-0.1, -0.05) is 60.7 Å². The van der Waals surface area contributed by atoms with Crippen molar-refractivity contribution in [1.29, 1.82) is 0 Å². The van der Waals surface area contributed by atoms with Gasteiger partial charge in [0.2, 0.25) is 5.60 Å². The molecule has 0 aliphatic rings. The molecule has 0 amide bonds. The summed E-state index contributed by atoms with van der Waals surface area (Å²) in [6.07, 6.45) is 0. The summed E-state index contributed by atoms with van der Waals surface area (Å²) in [5.41, 5.74) is 0.0436. The van der Waals surface area contributed by atoms with Crippen LogP contribution in [0.2, 0.25) is 0 Å². The fourth-order valence-electron chi connectivity index (χ4n) is 2.89. The molecule has 3 rings (SSSR count). The molecule has 0 aliphatic heterocycles. The Morgan fingerprint density at radius 2 is 1.15 bits per heavy atom. The standard InChI is InChI=1S/C22H20O4/c1-24-19-13-15-20(16-14-19)26-21(23)22(25-2,17-9-5-3-6-10-17)18-11-7-4-8-12-18/h3-16H,1-2H3. The maximum atomic E-state index is 13.2. The van der Waals surface area contributed by atoms with Gasteiger partial charge in [0.1, 0.15) is 11.5 Å². The Bertz CT molecular complexity index is 803. The number of carbonyl (C=O) groups excluding carboxylic acids is 1. The molecule has 4 nitrogen and oxygen atoms in total. The van der Waals surface area contributed by atoms with Crippen LogP contribution in [0.1, 0.15) is 11.1 Å². The van der Waals surface area contributed by atoms with Gasteiger partial charge in [0.05, 0.1) is 7.11 Å². The lowest BCUT2D eigenvalue weighted by Crippen LogP contribution is -2.42. The largest absolute Gasteiger partial charge is 0.497 e. The van der Waals surface area contributed by atoms with Crippen molar-refractivity contribution in [2.45, 2.75) is 5.60 Å². The smallest absolute Gasteiger partial charge is 0.353 e. The van der Waals surface area contributed by atoms with Gasteiger partial charge in [-0.2, -0.15) is 0 Å². The predicted molar refractivity (Wildman–Crippen MR) is 99.3 cm³/mol. The van der Waals surface area contributed by atoms with Crippen molar-refractivity contribution in [3.63, 3.8) is 0 Å². The van der Waals surface area contributed by atoms with E-state index in [1.165, 1.54) is 7.11 Å². The van der Waals surface area contributed by atoms with Crippen LogP contribution in [0, 0.1) is 0 Å². The van der Waals surface area contributed by atoms with Crippen LogP contribution in [-0.2, 0) is 15.1 Å². The van der Waals surface area contributed by atoms with E-state index >= 15 is 0 Å². The number of hydrogen-bond acceptors (Lipinski definition) is 4. The van der Waals surface area contributed by atoms with Crippen molar-refractivity contribution >= 4 is 5.97 Å². The molecule has 0 aliphatic carbocycles. The molecular formula is C22H20O4. The van der Waals surface area contributed by atoms with E-state index in [4.69, 9.17) is 14.2 Å². The Labute approximate surface area is 153 Å². The van der Waals surface area contributed by atoms with Crippen LogP contribution in [-0.4, -0.2) is 20.2 Å². The fraction of sp³-hybridized carbons (Fsp3) is 0.136. The van der Waals surface area contributed by atoms with Crippen molar-refractivity contribution in [2.24, 2.45) is 0 Å². The summed E-state index contributed by atoms with van der Waals surface area (Å²) in [4.78, 5) is 13.2. The topological polar surface area (TPSA) is 44.8 Å². The summed E-state index contributed by atoms with van der Waals surface area (Å²) in [6.45, 7) is 0.